The Kier molecular flexibility index (Phi) is 8.21. The summed E-state index contributed by atoms with van der Waals surface area (Å²) in [5.41, 5.74) is -0.115. The standard InChI is InChI=1S/C21H20Cl2F3N5O2S/c1-12-8-17(21(24,25)26)29-31(12)10-19(32)30(2)7-3-4-18-27-16(11-34-18)20(33)28-15-6-5-13(22)9-14(15)23/h5-6,8-9,11H,3-4,7,10H2,1-2H3,(H,28,33). The molecule has 182 valence electrons. The van der Waals surface area contributed by atoms with E-state index in [1.165, 1.54) is 29.2 Å². The molecule has 0 atom stereocenters. The number of carbonyl (C=O) groups excluding carboxylic acids is 2. The van der Waals surface area contributed by atoms with Gasteiger partial charge in [-0.05, 0) is 37.6 Å². The molecule has 0 radical (unpaired) electrons. The van der Waals surface area contributed by atoms with E-state index in [9.17, 15) is 22.8 Å². The average Bonchev–Trinajstić information content (AvgIpc) is 3.37. The number of amides is 2. The molecule has 34 heavy (non-hydrogen) atoms. The minimum absolute atomic E-state index is 0.241. The van der Waals surface area contributed by atoms with Crippen molar-refractivity contribution in [2.75, 3.05) is 18.9 Å². The normalized spacial score (nSPS) is 11.5. The van der Waals surface area contributed by atoms with Crippen LogP contribution in [-0.2, 0) is 23.9 Å². The number of anilines is 1. The number of aryl methyl sites for hydroxylation is 2. The SMILES string of the molecule is Cc1cc(C(F)(F)F)nn1CC(=O)N(C)CCCc1nc(C(=O)Nc2ccc(Cl)cc2Cl)cs1. The number of nitrogens with one attached hydrogen (secondary N) is 1. The van der Waals surface area contributed by atoms with Crippen molar-refractivity contribution >= 4 is 52.0 Å². The molecule has 13 heteroatoms. The number of nitrogens with zero attached hydrogens (tertiary/aromatic N) is 4. The molecular weight excluding hydrogens is 514 g/mol. The van der Waals surface area contributed by atoms with Crippen LogP contribution in [-0.4, -0.2) is 45.1 Å². The van der Waals surface area contributed by atoms with Crippen LogP contribution in [0.1, 0.15) is 33.3 Å². The van der Waals surface area contributed by atoms with E-state index < -0.39 is 17.8 Å². The number of rotatable bonds is 8. The van der Waals surface area contributed by atoms with Crippen LogP contribution in [0.25, 0.3) is 0 Å². The lowest BCUT2D eigenvalue weighted by Gasteiger charge is -2.17. The van der Waals surface area contributed by atoms with Crippen LogP contribution in [0.4, 0.5) is 18.9 Å². The Morgan fingerprint density at radius 3 is 2.62 bits per heavy atom. The second-order valence-corrected chi connectivity index (χ2v) is 9.24. The van der Waals surface area contributed by atoms with Crippen LogP contribution in [0.5, 0.6) is 0 Å². The molecule has 0 aliphatic heterocycles. The quantitative estimate of drug-likeness (QED) is 0.425. The van der Waals surface area contributed by atoms with E-state index in [0.717, 1.165) is 10.7 Å². The first-order valence-corrected chi connectivity index (χ1v) is 11.6. The fourth-order valence-electron chi connectivity index (χ4n) is 2.96. The van der Waals surface area contributed by atoms with E-state index in [0.29, 0.717) is 40.1 Å². The molecule has 3 aromatic rings. The van der Waals surface area contributed by atoms with Gasteiger partial charge in [-0.25, -0.2) is 4.98 Å². The summed E-state index contributed by atoms with van der Waals surface area (Å²) in [5, 5.41) is 9.25. The van der Waals surface area contributed by atoms with Gasteiger partial charge in [0.15, 0.2) is 5.69 Å². The molecule has 2 amide bonds. The number of benzene rings is 1. The third-order valence-electron chi connectivity index (χ3n) is 4.83. The highest BCUT2D eigenvalue weighted by molar-refractivity contribution is 7.09. The van der Waals surface area contributed by atoms with Gasteiger partial charge in [0.25, 0.3) is 5.91 Å². The van der Waals surface area contributed by atoms with E-state index in [4.69, 9.17) is 23.2 Å². The molecule has 0 aliphatic rings. The average molecular weight is 534 g/mol. The van der Waals surface area contributed by atoms with Crippen molar-refractivity contribution in [2.45, 2.75) is 32.5 Å². The summed E-state index contributed by atoms with van der Waals surface area (Å²) >= 11 is 13.2. The molecular formula is C21H20Cl2F3N5O2S. The van der Waals surface area contributed by atoms with E-state index in [2.05, 4.69) is 15.4 Å². The monoisotopic (exact) mass is 533 g/mol. The van der Waals surface area contributed by atoms with E-state index >= 15 is 0 Å². The molecule has 0 bridgehead atoms. The van der Waals surface area contributed by atoms with E-state index in [-0.39, 0.29) is 23.8 Å². The number of hydrogen-bond acceptors (Lipinski definition) is 5. The molecule has 2 heterocycles. The Balaban J connectivity index is 1.48. The van der Waals surface area contributed by atoms with Crippen LogP contribution in [0, 0.1) is 6.92 Å². The van der Waals surface area contributed by atoms with Gasteiger partial charge >= 0.3 is 6.18 Å². The Labute approximate surface area is 207 Å². The zero-order valence-electron chi connectivity index (χ0n) is 18.1. The molecule has 0 saturated carbocycles. The van der Waals surface area contributed by atoms with E-state index in [1.54, 1.807) is 24.6 Å². The zero-order chi connectivity index (χ0) is 25.0. The van der Waals surface area contributed by atoms with Gasteiger partial charge in [0.05, 0.1) is 15.7 Å². The summed E-state index contributed by atoms with van der Waals surface area (Å²) in [6.45, 7) is 1.55. The van der Waals surface area contributed by atoms with Crippen LogP contribution >= 0.6 is 34.5 Å². The van der Waals surface area contributed by atoms with Crippen molar-refractivity contribution in [3.05, 3.63) is 61.8 Å². The number of likely N-dealkylation sites (N-methyl/N-ethyl adjacent to an activating group) is 1. The van der Waals surface area contributed by atoms with Gasteiger partial charge < -0.3 is 10.2 Å². The van der Waals surface area contributed by atoms with Crippen LogP contribution < -0.4 is 5.32 Å². The molecule has 0 saturated heterocycles. The van der Waals surface area contributed by atoms with Gasteiger partial charge in [0.2, 0.25) is 5.91 Å². The fourth-order valence-corrected chi connectivity index (χ4v) is 4.23. The fraction of sp³-hybridized carbons (Fsp3) is 0.333. The van der Waals surface area contributed by atoms with Crippen LogP contribution in [0.15, 0.2) is 29.6 Å². The maximum absolute atomic E-state index is 12.8. The Morgan fingerprint density at radius 1 is 1.24 bits per heavy atom. The van der Waals surface area contributed by atoms with Crippen molar-refractivity contribution in [2.24, 2.45) is 0 Å². The van der Waals surface area contributed by atoms with Crippen LogP contribution in [0.3, 0.4) is 0 Å². The van der Waals surface area contributed by atoms with Crippen molar-refractivity contribution < 1.29 is 22.8 Å². The maximum Gasteiger partial charge on any atom is 0.435 e. The van der Waals surface area contributed by atoms with Crippen molar-refractivity contribution in [3.63, 3.8) is 0 Å². The lowest BCUT2D eigenvalue weighted by Crippen LogP contribution is -2.32. The van der Waals surface area contributed by atoms with Crippen molar-refractivity contribution in [3.8, 4) is 0 Å². The second-order valence-electron chi connectivity index (χ2n) is 7.45. The van der Waals surface area contributed by atoms with Gasteiger partial charge in [-0.15, -0.1) is 11.3 Å². The molecule has 1 N–H and O–H groups in total. The maximum atomic E-state index is 12.8. The summed E-state index contributed by atoms with van der Waals surface area (Å²) < 4.78 is 39.4. The topological polar surface area (TPSA) is 80.1 Å². The first-order chi connectivity index (χ1) is 15.9. The minimum atomic E-state index is -4.56. The number of thiazole rings is 1. The first-order valence-electron chi connectivity index (χ1n) is 10.0. The molecule has 7 nitrogen and oxygen atoms in total. The highest BCUT2D eigenvalue weighted by Gasteiger charge is 2.34. The molecule has 1 aromatic carbocycles. The number of alkyl halides is 3. The van der Waals surface area contributed by atoms with Crippen molar-refractivity contribution in [1.29, 1.82) is 0 Å². The molecule has 3 rings (SSSR count). The van der Waals surface area contributed by atoms with Gasteiger partial charge in [-0.1, -0.05) is 23.2 Å². The van der Waals surface area contributed by atoms with Gasteiger partial charge in [-0.3, -0.25) is 14.3 Å². The number of hydrogen-bond donors (Lipinski definition) is 1. The largest absolute Gasteiger partial charge is 0.435 e. The van der Waals surface area contributed by atoms with Crippen molar-refractivity contribution in [1.82, 2.24) is 19.7 Å². The van der Waals surface area contributed by atoms with Gasteiger partial charge in [0, 0.05) is 36.1 Å². The summed E-state index contributed by atoms with van der Waals surface area (Å²) in [6, 6.07) is 5.63. The predicted octanol–water partition coefficient (Wildman–Crippen LogP) is 5.32. The lowest BCUT2D eigenvalue weighted by atomic mass is 10.3. The van der Waals surface area contributed by atoms with Crippen LogP contribution in [0.2, 0.25) is 10.0 Å². The third kappa shape index (κ3) is 6.71. The smallest absolute Gasteiger partial charge is 0.344 e. The summed E-state index contributed by atoms with van der Waals surface area (Å²) in [7, 11) is 1.57. The molecule has 2 aromatic heterocycles. The third-order valence-corrected chi connectivity index (χ3v) is 6.29. The highest BCUT2D eigenvalue weighted by Crippen LogP contribution is 2.28. The first kappa shape index (κ1) is 26.0. The Hall–Kier alpha value is -2.63. The molecule has 0 aliphatic carbocycles. The molecule has 0 spiro atoms. The predicted molar refractivity (Wildman–Crippen MR) is 124 cm³/mol. The summed E-state index contributed by atoms with van der Waals surface area (Å²) in [6.07, 6.45) is -3.47. The Morgan fingerprint density at radius 2 is 1.97 bits per heavy atom. The van der Waals surface area contributed by atoms with Gasteiger partial charge in [-0.2, -0.15) is 18.3 Å². The zero-order valence-corrected chi connectivity index (χ0v) is 20.4. The number of halogens is 5. The van der Waals surface area contributed by atoms with Gasteiger partial charge in [0.1, 0.15) is 12.2 Å². The summed E-state index contributed by atoms with van der Waals surface area (Å²) in [5.74, 6) is -0.772. The number of aromatic nitrogens is 3. The Bertz CT molecular complexity index is 1200. The number of carbonyl (C=O) groups is 2. The molecule has 0 fully saturated rings. The minimum Gasteiger partial charge on any atom is -0.344 e. The lowest BCUT2D eigenvalue weighted by molar-refractivity contribution is -0.142. The van der Waals surface area contributed by atoms with E-state index in [1.807, 2.05) is 0 Å². The summed E-state index contributed by atoms with van der Waals surface area (Å²) in [4.78, 5) is 30.5. The highest BCUT2D eigenvalue weighted by atomic mass is 35.5. The second kappa shape index (κ2) is 10.7. The molecule has 0 unspecified atom stereocenters.